The van der Waals surface area contributed by atoms with Crippen LogP contribution in [0.5, 0.6) is 0 Å². The lowest BCUT2D eigenvalue weighted by Crippen LogP contribution is -1.69. The number of hydrogen-bond donors (Lipinski definition) is 1. The van der Waals surface area contributed by atoms with E-state index in [0.717, 1.165) is 0 Å². The Balaban J connectivity index is -0.0000000575. The highest BCUT2D eigenvalue weighted by molar-refractivity contribution is 5.72. The van der Waals surface area contributed by atoms with E-state index in [2.05, 4.69) is 0 Å². The minimum Gasteiger partial charge on any atom is -0.397 e. The predicted octanol–water partition coefficient (Wildman–Crippen LogP) is 0.746. The largest absolute Gasteiger partial charge is 0.397 e. The van der Waals surface area contributed by atoms with Crippen LogP contribution in [0.3, 0.4) is 0 Å². The van der Waals surface area contributed by atoms with Gasteiger partial charge in [-0.1, -0.05) is 0 Å². The second-order valence-electron chi connectivity index (χ2n) is 1.22. The van der Waals surface area contributed by atoms with Crippen LogP contribution in [0.4, 0.5) is 4.70 Å². The number of carbonyl (C=O) groups is 1. The predicted molar refractivity (Wildman–Crippen MR) is 31.6 cm³/mol. The summed E-state index contributed by atoms with van der Waals surface area (Å²) in [5, 5.41) is 7.57. The van der Waals surface area contributed by atoms with Crippen LogP contribution in [0.1, 0.15) is 20.8 Å². The lowest BCUT2D eigenvalue weighted by atomic mass is 10.6. The summed E-state index contributed by atoms with van der Waals surface area (Å²) in [5.41, 5.74) is 0. The fraction of sp³-hybridized carbons (Fsp3) is 0.800. The molecule has 0 aliphatic carbocycles. The van der Waals surface area contributed by atoms with Crippen molar-refractivity contribution in [3.63, 3.8) is 0 Å². The Kier molecular flexibility index (Phi) is 31.3. The quantitative estimate of drug-likeness (QED) is 0.517. The van der Waals surface area contributed by atoms with Gasteiger partial charge in [-0.15, -0.1) is 0 Å². The van der Waals surface area contributed by atoms with Gasteiger partial charge >= 0.3 is 0 Å². The first-order valence-corrected chi connectivity index (χ1v) is 2.23. The SMILES string of the molecule is CC(C)=O.CCO.F. The zero-order valence-electron chi connectivity index (χ0n) is 5.47. The Hall–Kier alpha value is -0.440. The van der Waals surface area contributed by atoms with E-state index < -0.39 is 0 Å². The van der Waals surface area contributed by atoms with E-state index in [1.54, 1.807) is 6.92 Å². The molecule has 0 spiro atoms. The summed E-state index contributed by atoms with van der Waals surface area (Å²) >= 11 is 0. The Morgan fingerprint density at radius 1 is 1.50 bits per heavy atom. The van der Waals surface area contributed by atoms with Crippen molar-refractivity contribution in [2.45, 2.75) is 20.8 Å². The molecular weight excluding hydrogens is 111 g/mol. The molecule has 2 nitrogen and oxygen atoms in total. The fourth-order valence-corrected chi connectivity index (χ4v) is 0. The molecule has 0 saturated carbocycles. The van der Waals surface area contributed by atoms with Crippen LogP contribution >= 0.6 is 0 Å². The van der Waals surface area contributed by atoms with E-state index in [9.17, 15) is 4.79 Å². The number of ketones is 1. The summed E-state index contributed by atoms with van der Waals surface area (Å²) in [4.78, 5) is 9.44. The summed E-state index contributed by atoms with van der Waals surface area (Å²) in [7, 11) is 0. The number of aliphatic hydroxyl groups excluding tert-OH is 1. The molecule has 0 bridgehead atoms. The molecule has 0 aromatic carbocycles. The van der Waals surface area contributed by atoms with Crippen LogP contribution < -0.4 is 0 Å². The Labute approximate surface area is 48.9 Å². The molecule has 1 N–H and O–H groups in total. The van der Waals surface area contributed by atoms with Gasteiger partial charge in [-0.3, -0.25) is 4.70 Å². The molecule has 0 aromatic heterocycles. The number of carbonyl (C=O) groups excluding carboxylic acids is 1. The standard InChI is InChI=1S/C3H6O.C2H6O.FH/c1-3(2)4;1-2-3;/h1-2H3;3H,2H2,1H3;1H. The average Bonchev–Trinajstić information content (AvgIpc) is 1.33. The highest BCUT2D eigenvalue weighted by Gasteiger charge is 1.62. The molecule has 0 aromatic rings. The maximum Gasteiger partial charge on any atom is 0.126 e. The smallest absolute Gasteiger partial charge is 0.126 e. The van der Waals surface area contributed by atoms with Gasteiger partial charge in [0, 0.05) is 6.61 Å². The van der Waals surface area contributed by atoms with Crippen molar-refractivity contribution >= 4 is 5.78 Å². The summed E-state index contributed by atoms with van der Waals surface area (Å²) in [6.07, 6.45) is 0. The average molecular weight is 124 g/mol. The van der Waals surface area contributed by atoms with E-state index >= 15 is 0 Å². The molecule has 0 radical (unpaired) electrons. The minimum atomic E-state index is 0. The van der Waals surface area contributed by atoms with Gasteiger partial charge in [0.15, 0.2) is 0 Å². The summed E-state index contributed by atoms with van der Waals surface area (Å²) in [6.45, 7) is 4.99. The molecule has 0 amide bonds. The molecule has 0 aliphatic heterocycles. The van der Waals surface area contributed by atoms with Gasteiger partial charge < -0.3 is 9.90 Å². The van der Waals surface area contributed by atoms with E-state index in [1.165, 1.54) is 13.8 Å². The first-order chi connectivity index (χ1) is 3.15. The summed E-state index contributed by atoms with van der Waals surface area (Å²) in [6, 6.07) is 0. The zero-order chi connectivity index (χ0) is 6.28. The number of hydrogen-bond acceptors (Lipinski definition) is 2. The van der Waals surface area contributed by atoms with Crippen molar-refractivity contribution in [2.24, 2.45) is 0 Å². The van der Waals surface area contributed by atoms with Crippen LogP contribution in [0.25, 0.3) is 0 Å². The minimum absolute atomic E-state index is 0. The van der Waals surface area contributed by atoms with Crippen molar-refractivity contribution in [2.75, 3.05) is 6.61 Å². The van der Waals surface area contributed by atoms with Crippen LogP contribution in [0.2, 0.25) is 0 Å². The van der Waals surface area contributed by atoms with Gasteiger partial charge in [0.1, 0.15) is 5.78 Å². The van der Waals surface area contributed by atoms with Crippen LogP contribution in [-0.4, -0.2) is 17.5 Å². The summed E-state index contributed by atoms with van der Waals surface area (Å²) < 4.78 is 0. The molecule has 0 unspecified atom stereocenters. The van der Waals surface area contributed by atoms with E-state index in [-0.39, 0.29) is 17.1 Å². The lowest BCUT2D eigenvalue weighted by molar-refractivity contribution is -0.114. The van der Waals surface area contributed by atoms with Crippen LogP contribution in [0, 0.1) is 0 Å². The molecular formula is C5H13FO2. The van der Waals surface area contributed by atoms with E-state index in [4.69, 9.17) is 5.11 Å². The second-order valence-corrected chi connectivity index (χ2v) is 1.22. The maximum atomic E-state index is 9.44. The van der Waals surface area contributed by atoms with Gasteiger partial charge in [-0.2, -0.15) is 0 Å². The zero-order valence-corrected chi connectivity index (χ0v) is 5.47. The van der Waals surface area contributed by atoms with Gasteiger partial charge in [0.25, 0.3) is 0 Å². The van der Waals surface area contributed by atoms with Gasteiger partial charge in [-0.25, -0.2) is 0 Å². The second kappa shape index (κ2) is 16.0. The molecule has 0 fully saturated rings. The van der Waals surface area contributed by atoms with Crippen molar-refractivity contribution in [1.29, 1.82) is 0 Å². The third kappa shape index (κ3) is 597. The van der Waals surface area contributed by atoms with Crippen molar-refractivity contribution < 1.29 is 14.6 Å². The third-order valence-corrected chi connectivity index (χ3v) is 0. The van der Waals surface area contributed by atoms with Gasteiger partial charge in [0.05, 0.1) is 0 Å². The molecule has 0 saturated heterocycles. The molecule has 0 rings (SSSR count). The monoisotopic (exact) mass is 124 g/mol. The van der Waals surface area contributed by atoms with Gasteiger partial charge in [-0.05, 0) is 20.8 Å². The molecule has 0 aliphatic rings. The molecule has 8 heavy (non-hydrogen) atoms. The number of halogens is 1. The van der Waals surface area contributed by atoms with Crippen LogP contribution in [0.15, 0.2) is 0 Å². The number of rotatable bonds is 0. The molecule has 0 heterocycles. The first kappa shape index (κ1) is 15.6. The third-order valence-electron chi connectivity index (χ3n) is 0. The maximum absolute atomic E-state index is 9.44. The number of aliphatic hydroxyl groups is 1. The van der Waals surface area contributed by atoms with Crippen LogP contribution in [-0.2, 0) is 4.79 Å². The normalized spacial score (nSPS) is 5.50. The molecule has 3 heteroatoms. The number of Topliss-reactive ketones (excluding diaryl/α,β-unsaturated/α-hetero) is 1. The van der Waals surface area contributed by atoms with Crippen molar-refractivity contribution in [1.82, 2.24) is 0 Å². The highest BCUT2D eigenvalue weighted by atomic mass is 19.0. The topological polar surface area (TPSA) is 37.3 Å². The Morgan fingerprint density at radius 2 is 1.50 bits per heavy atom. The van der Waals surface area contributed by atoms with Crippen molar-refractivity contribution in [3.8, 4) is 0 Å². The van der Waals surface area contributed by atoms with Gasteiger partial charge in [0.2, 0.25) is 0 Å². The fourth-order valence-electron chi connectivity index (χ4n) is 0. The first-order valence-electron chi connectivity index (χ1n) is 2.23. The van der Waals surface area contributed by atoms with E-state index in [0.29, 0.717) is 0 Å². The molecule has 52 valence electrons. The van der Waals surface area contributed by atoms with E-state index in [1.807, 2.05) is 0 Å². The highest BCUT2D eigenvalue weighted by Crippen LogP contribution is 1.50. The Morgan fingerprint density at radius 3 is 1.50 bits per heavy atom. The summed E-state index contributed by atoms with van der Waals surface area (Å²) in [5.74, 6) is 0.167. The lowest BCUT2D eigenvalue weighted by Gasteiger charge is -1.56. The van der Waals surface area contributed by atoms with Crippen molar-refractivity contribution in [3.05, 3.63) is 0 Å². The Bertz CT molecular complexity index is 41.7. The molecule has 0 atom stereocenters.